The quantitative estimate of drug-likeness (QED) is 0.671. The van der Waals surface area contributed by atoms with Crippen molar-refractivity contribution in [2.45, 2.75) is 6.92 Å². The standard InChI is InChI=1S/C14H11F2N3/c1-8-3-4-17-7-9(8)14-18-12-5-10(15)11(16)6-13(12)19(14)2/h3-7H,1-2H3. The van der Waals surface area contributed by atoms with Crippen LogP contribution in [-0.4, -0.2) is 14.5 Å². The highest BCUT2D eigenvalue weighted by molar-refractivity contribution is 5.81. The van der Waals surface area contributed by atoms with Gasteiger partial charge < -0.3 is 4.57 Å². The lowest BCUT2D eigenvalue weighted by atomic mass is 10.1. The molecule has 0 aliphatic rings. The molecule has 2 aromatic heterocycles. The van der Waals surface area contributed by atoms with Crippen molar-refractivity contribution in [1.29, 1.82) is 0 Å². The summed E-state index contributed by atoms with van der Waals surface area (Å²) in [5.74, 6) is -1.12. The topological polar surface area (TPSA) is 30.7 Å². The number of nitrogens with zero attached hydrogens (tertiary/aromatic N) is 3. The van der Waals surface area contributed by atoms with Gasteiger partial charge in [0.2, 0.25) is 0 Å². The van der Waals surface area contributed by atoms with Crippen LogP contribution in [0.5, 0.6) is 0 Å². The molecule has 0 saturated carbocycles. The minimum absolute atomic E-state index is 0.430. The van der Waals surface area contributed by atoms with E-state index in [1.54, 1.807) is 24.0 Å². The van der Waals surface area contributed by atoms with E-state index in [0.29, 0.717) is 16.9 Å². The number of halogens is 2. The van der Waals surface area contributed by atoms with Gasteiger partial charge >= 0.3 is 0 Å². The van der Waals surface area contributed by atoms with Crippen molar-refractivity contribution >= 4 is 11.0 Å². The summed E-state index contributed by atoms with van der Waals surface area (Å²) in [7, 11) is 1.77. The van der Waals surface area contributed by atoms with E-state index in [2.05, 4.69) is 9.97 Å². The average Bonchev–Trinajstić information content (AvgIpc) is 2.68. The van der Waals surface area contributed by atoms with Gasteiger partial charge in [-0.3, -0.25) is 4.98 Å². The molecule has 0 bridgehead atoms. The summed E-state index contributed by atoms with van der Waals surface area (Å²) in [6.07, 6.45) is 3.39. The van der Waals surface area contributed by atoms with Crippen LogP contribution in [-0.2, 0) is 7.05 Å². The molecule has 3 nitrogen and oxygen atoms in total. The smallest absolute Gasteiger partial charge is 0.161 e. The zero-order valence-electron chi connectivity index (χ0n) is 10.5. The maximum absolute atomic E-state index is 13.3. The molecule has 2 heterocycles. The summed E-state index contributed by atoms with van der Waals surface area (Å²) >= 11 is 0. The van der Waals surface area contributed by atoms with Crippen LogP contribution in [0, 0.1) is 18.6 Å². The minimum atomic E-state index is -0.889. The Hall–Kier alpha value is -2.30. The SMILES string of the molecule is Cc1ccncc1-c1nc2cc(F)c(F)cc2n1C. The maximum Gasteiger partial charge on any atom is 0.161 e. The van der Waals surface area contributed by atoms with E-state index >= 15 is 0 Å². The van der Waals surface area contributed by atoms with Crippen molar-refractivity contribution in [3.8, 4) is 11.4 Å². The van der Waals surface area contributed by atoms with Crippen molar-refractivity contribution in [2.75, 3.05) is 0 Å². The molecule has 0 unspecified atom stereocenters. The highest BCUT2D eigenvalue weighted by Gasteiger charge is 2.14. The second-order valence-electron chi connectivity index (χ2n) is 4.44. The Kier molecular flexibility index (Phi) is 2.55. The summed E-state index contributed by atoms with van der Waals surface area (Å²) in [6, 6.07) is 4.14. The van der Waals surface area contributed by atoms with E-state index in [1.807, 2.05) is 13.0 Å². The second kappa shape index (κ2) is 4.12. The van der Waals surface area contributed by atoms with Crippen LogP contribution >= 0.6 is 0 Å². The number of imidazole rings is 1. The fraction of sp³-hybridized carbons (Fsp3) is 0.143. The molecule has 0 radical (unpaired) electrons. The lowest BCUT2D eigenvalue weighted by Crippen LogP contribution is -1.95. The summed E-state index contributed by atoms with van der Waals surface area (Å²) in [4.78, 5) is 8.43. The van der Waals surface area contributed by atoms with Crippen molar-refractivity contribution in [3.05, 3.63) is 47.8 Å². The molecule has 0 saturated heterocycles. The molecule has 0 spiro atoms. The van der Waals surface area contributed by atoms with E-state index in [0.717, 1.165) is 23.3 Å². The first-order chi connectivity index (χ1) is 9.08. The fourth-order valence-corrected chi connectivity index (χ4v) is 2.13. The summed E-state index contributed by atoms with van der Waals surface area (Å²) in [5, 5.41) is 0. The first kappa shape index (κ1) is 11.8. The zero-order valence-corrected chi connectivity index (χ0v) is 10.5. The van der Waals surface area contributed by atoms with E-state index in [1.165, 1.54) is 0 Å². The summed E-state index contributed by atoms with van der Waals surface area (Å²) in [5.41, 5.74) is 2.84. The van der Waals surface area contributed by atoms with Crippen LogP contribution in [0.3, 0.4) is 0 Å². The molecular formula is C14H11F2N3. The predicted molar refractivity (Wildman–Crippen MR) is 68.6 cm³/mol. The van der Waals surface area contributed by atoms with Gasteiger partial charge in [-0.1, -0.05) is 0 Å². The third-order valence-corrected chi connectivity index (χ3v) is 3.20. The second-order valence-corrected chi connectivity index (χ2v) is 4.44. The van der Waals surface area contributed by atoms with Crippen LogP contribution < -0.4 is 0 Å². The molecule has 0 atom stereocenters. The molecule has 3 rings (SSSR count). The molecular weight excluding hydrogens is 248 g/mol. The van der Waals surface area contributed by atoms with Gasteiger partial charge in [-0.15, -0.1) is 0 Å². The van der Waals surface area contributed by atoms with Gasteiger partial charge in [-0.2, -0.15) is 0 Å². The number of pyridine rings is 1. The number of benzene rings is 1. The fourth-order valence-electron chi connectivity index (χ4n) is 2.13. The van der Waals surface area contributed by atoms with Crippen molar-refractivity contribution in [2.24, 2.45) is 7.05 Å². The molecule has 19 heavy (non-hydrogen) atoms. The first-order valence-electron chi connectivity index (χ1n) is 5.80. The average molecular weight is 259 g/mol. The van der Waals surface area contributed by atoms with Gasteiger partial charge in [-0.25, -0.2) is 13.8 Å². The summed E-state index contributed by atoms with van der Waals surface area (Å²) < 4.78 is 28.3. The van der Waals surface area contributed by atoms with Gasteiger partial charge in [0.05, 0.1) is 11.0 Å². The number of rotatable bonds is 1. The van der Waals surface area contributed by atoms with Crippen LogP contribution in [0.25, 0.3) is 22.4 Å². The van der Waals surface area contributed by atoms with Gasteiger partial charge in [0.25, 0.3) is 0 Å². The van der Waals surface area contributed by atoms with E-state index < -0.39 is 11.6 Å². The lowest BCUT2D eigenvalue weighted by molar-refractivity contribution is 0.510. The Morgan fingerprint density at radius 2 is 1.89 bits per heavy atom. The predicted octanol–water partition coefficient (Wildman–Crippen LogP) is 3.22. The lowest BCUT2D eigenvalue weighted by Gasteiger charge is -2.04. The highest BCUT2D eigenvalue weighted by Crippen LogP contribution is 2.26. The normalized spacial score (nSPS) is 11.2. The molecule has 0 amide bonds. The Morgan fingerprint density at radius 3 is 2.63 bits per heavy atom. The van der Waals surface area contributed by atoms with Crippen molar-refractivity contribution < 1.29 is 8.78 Å². The Bertz CT molecular complexity index is 778. The van der Waals surface area contributed by atoms with E-state index in [4.69, 9.17) is 0 Å². The van der Waals surface area contributed by atoms with Crippen LogP contribution in [0.1, 0.15) is 5.56 Å². The molecule has 0 aliphatic heterocycles. The Balaban J connectivity index is 2.32. The van der Waals surface area contributed by atoms with Gasteiger partial charge in [0, 0.05) is 37.1 Å². The van der Waals surface area contributed by atoms with Crippen molar-refractivity contribution in [1.82, 2.24) is 14.5 Å². The number of hydrogen-bond acceptors (Lipinski definition) is 2. The Labute approximate surface area is 108 Å². The molecule has 5 heteroatoms. The van der Waals surface area contributed by atoms with Gasteiger partial charge in [-0.05, 0) is 18.6 Å². The molecule has 0 N–H and O–H groups in total. The molecule has 1 aromatic carbocycles. The van der Waals surface area contributed by atoms with Crippen LogP contribution in [0.15, 0.2) is 30.6 Å². The molecule has 96 valence electrons. The Morgan fingerprint density at radius 1 is 1.16 bits per heavy atom. The highest BCUT2D eigenvalue weighted by atomic mass is 19.2. The molecule has 0 aliphatic carbocycles. The number of hydrogen-bond donors (Lipinski definition) is 0. The maximum atomic E-state index is 13.3. The third-order valence-electron chi connectivity index (χ3n) is 3.20. The zero-order chi connectivity index (χ0) is 13.6. The molecule has 3 aromatic rings. The minimum Gasteiger partial charge on any atom is -0.327 e. The van der Waals surface area contributed by atoms with E-state index in [9.17, 15) is 8.78 Å². The summed E-state index contributed by atoms with van der Waals surface area (Å²) in [6.45, 7) is 1.94. The van der Waals surface area contributed by atoms with Crippen LogP contribution in [0.4, 0.5) is 8.78 Å². The van der Waals surface area contributed by atoms with Gasteiger partial charge in [0.15, 0.2) is 11.6 Å². The number of fused-ring (bicyclic) bond motifs is 1. The molecule has 0 fully saturated rings. The monoisotopic (exact) mass is 259 g/mol. The largest absolute Gasteiger partial charge is 0.327 e. The third kappa shape index (κ3) is 1.78. The van der Waals surface area contributed by atoms with Crippen LogP contribution in [0.2, 0.25) is 0 Å². The number of aromatic nitrogens is 3. The van der Waals surface area contributed by atoms with Gasteiger partial charge in [0.1, 0.15) is 5.82 Å². The van der Waals surface area contributed by atoms with Crippen molar-refractivity contribution in [3.63, 3.8) is 0 Å². The van der Waals surface area contributed by atoms with E-state index in [-0.39, 0.29) is 0 Å². The first-order valence-corrected chi connectivity index (χ1v) is 5.80. The number of aryl methyl sites for hydroxylation is 2.